The van der Waals surface area contributed by atoms with Crippen LogP contribution in [0.5, 0.6) is 0 Å². The molecule has 2 rings (SSSR count). The fourth-order valence-electron chi connectivity index (χ4n) is 1.39. The molecule has 0 N–H and O–H groups in total. The molecule has 0 fully saturated rings. The number of benzene rings is 1. The summed E-state index contributed by atoms with van der Waals surface area (Å²) >= 11 is 9.06. The van der Waals surface area contributed by atoms with Crippen molar-refractivity contribution < 1.29 is 4.79 Å². The Hall–Kier alpha value is -0.510. The summed E-state index contributed by atoms with van der Waals surface area (Å²) in [5.41, 5.74) is 0.622. The van der Waals surface area contributed by atoms with Gasteiger partial charge in [-0.25, -0.2) is 0 Å². The summed E-state index contributed by atoms with van der Waals surface area (Å²) in [5, 5.41) is 0.991. The average molecular weight is 243 g/mol. The number of thiophene rings is 1. The largest absolute Gasteiger partial charge is 0.298 e. The van der Waals surface area contributed by atoms with Gasteiger partial charge in [0.05, 0.1) is 5.56 Å². The van der Waals surface area contributed by atoms with Crippen LogP contribution >= 0.6 is 34.7 Å². The first-order chi connectivity index (χ1) is 6.77. The van der Waals surface area contributed by atoms with E-state index in [0.29, 0.717) is 9.90 Å². The van der Waals surface area contributed by atoms with Gasteiger partial charge in [-0.2, -0.15) is 0 Å². The molecule has 0 spiro atoms. The second-order valence-electron chi connectivity index (χ2n) is 2.74. The maximum absolute atomic E-state index is 10.9. The smallest absolute Gasteiger partial charge is 0.153 e. The van der Waals surface area contributed by atoms with E-state index in [1.54, 1.807) is 11.8 Å². The molecule has 72 valence electrons. The maximum atomic E-state index is 10.9. The summed E-state index contributed by atoms with van der Waals surface area (Å²) in [7, 11) is 0. The minimum absolute atomic E-state index is 0.580. The molecule has 1 heterocycles. The van der Waals surface area contributed by atoms with Crippen LogP contribution in [0.25, 0.3) is 10.1 Å². The van der Waals surface area contributed by atoms with Gasteiger partial charge in [-0.1, -0.05) is 17.7 Å². The van der Waals surface area contributed by atoms with Gasteiger partial charge in [0.25, 0.3) is 0 Å². The summed E-state index contributed by atoms with van der Waals surface area (Å²) in [4.78, 5) is 12.0. The lowest BCUT2D eigenvalue weighted by atomic mass is 10.2. The zero-order chi connectivity index (χ0) is 10.1. The fourth-order valence-corrected chi connectivity index (χ4v) is 3.40. The number of hydrogen-bond acceptors (Lipinski definition) is 3. The minimum atomic E-state index is 0.580. The molecule has 0 bridgehead atoms. The lowest BCUT2D eigenvalue weighted by molar-refractivity contribution is 0.112. The van der Waals surface area contributed by atoms with E-state index in [4.69, 9.17) is 11.6 Å². The number of aldehydes is 1. The highest BCUT2D eigenvalue weighted by Crippen LogP contribution is 2.38. The summed E-state index contributed by atoms with van der Waals surface area (Å²) < 4.78 is 1.65. The number of rotatable bonds is 2. The highest BCUT2D eigenvalue weighted by atomic mass is 35.5. The van der Waals surface area contributed by atoms with Crippen molar-refractivity contribution in [3.8, 4) is 0 Å². The molecule has 14 heavy (non-hydrogen) atoms. The van der Waals surface area contributed by atoms with Gasteiger partial charge in [-0.3, -0.25) is 4.79 Å². The number of halogens is 1. The first kappa shape index (κ1) is 10.0. The van der Waals surface area contributed by atoms with Gasteiger partial charge in [-0.05, 0) is 18.4 Å². The van der Waals surface area contributed by atoms with Crippen LogP contribution in [0.15, 0.2) is 23.1 Å². The normalized spacial score (nSPS) is 10.7. The molecule has 1 aromatic heterocycles. The molecule has 1 aromatic carbocycles. The number of thioether (sulfide) groups is 1. The quantitative estimate of drug-likeness (QED) is 0.583. The molecule has 0 amide bonds. The zero-order valence-corrected chi connectivity index (χ0v) is 9.80. The molecule has 2 aromatic rings. The monoisotopic (exact) mass is 242 g/mol. The van der Waals surface area contributed by atoms with Gasteiger partial charge < -0.3 is 0 Å². The third-order valence-electron chi connectivity index (χ3n) is 2.01. The Balaban J connectivity index is 2.89. The first-order valence-corrected chi connectivity index (χ1v) is 6.40. The summed E-state index contributed by atoms with van der Waals surface area (Å²) in [6.45, 7) is 0. The number of fused-ring (bicyclic) bond motifs is 1. The van der Waals surface area contributed by atoms with E-state index in [1.807, 2.05) is 24.5 Å². The van der Waals surface area contributed by atoms with Crippen LogP contribution in [0, 0.1) is 0 Å². The van der Waals surface area contributed by atoms with E-state index >= 15 is 0 Å². The lowest BCUT2D eigenvalue weighted by Gasteiger charge is -1.98. The van der Waals surface area contributed by atoms with Crippen LogP contribution in [0.3, 0.4) is 0 Å². The molecule has 4 heteroatoms. The Bertz CT molecular complexity index is 490. The molecule has 0 aliphatic carbocycles. The van der Waals surface area contributed by atoms with E-state index in [1.165, 1.54) is 11.3 Å². The van der Waals surface area contributed by atoms with Crippen molar-refractivity contribution in [3.05, 3.63) is 28.1 Å². The number of carbonyl (C=O) groups is 1. The number of carbonyl (C=O) groups excluding carboxylic acids is 1. The van der Waals surface area contributed by atoms with Crippen LogP contribution in [-0.2, 0) is 0 Å². The van der Waals surface area contributed by atoms with Crippen molar-refractivity contribution in [2.24, 2.45) is 0 Å². The van der Waals surface area contributed by atoms with Gasteiger partial charge in [0.1, 0.15) is 4.34 Å². The van der Waals surface area contributed by atoms with Crippen molar-refractivity contribution in [3.63, 3.8) is 0 Å². The lowest BCUT2D eigenvalue weighted by Crippen LogP contribution is -1.79. The van der Waals surface area contributed by atoms with E-state index in [0.717, 1.165) is 21.3 Å². The predicted octanol–water partition coefficient (Wildman–Crippen LogP) is 4.09. The van der Waals surface area contributed by atoms with Gasteiger partial charge >= 0.3 is 0 Å². The van der Waals surface area contributed by atoms with Crippen LogP contribution < -0.4 is 0 Å². The summed E-state index contributed by atoms with van der Waals surface area (Å²) in [6, 6.07) is 5.97. The van der Waals surface area contributed by atoms with Gasteiger partial charge in [0.2, 0.25) is 0 Å². The second kappa shape index (κ2) is 3.93. The van der Waals surface area contributed by atoms with Crippen LogP contribution in [0.4, 0.5) is 0 Å². The first-order valence-electron chi connectivity index (χ1n) is 3.98. The molecular formula is C10H7ClOS2. The van der Waals surface area contributed by atoms with Crippen molar-refractivity contribution in [2.45, 2.75) is 4.90 Å². The van der Waals surface area contributed by atoms with Gasteiger partial charge in [0.15, 0.2) is 6.29 Å². The van der Waals surface area contributed by atoms with Gasteiger partial charge in [0, 0.05) is 15.0 Å². The van der Waals surface area contributed by atoms with E-state index in [-0.39, 0.29) is 0 Å². The molecule has 0 saturated heterocycles. The highest BCUT2D eigenvalue weighted by Gasteiger charge is 2.12. The van der Waals surface area contributed by atoms with Crippen LogP contribution in [0.1, 0.15) is 10.4 Å². The molecule has 0 atom stereocenters. The number of hydrogen-bond donors (Lipinski definition) is 0. The predicted molar refractivity (Wildman–Crippen MR) is 64.0 cm³/mol. The molecule has 0 aliphatic rings. The second-order valence-corrected chi connectivity index (χ2v) is 5.24. The van der Waals surface area contributed by atoms with Gasteiger partial charge in [-0.15, -0.1) is 23.1 Å². The van der Waals surface area contributed by atoms with Crippen molar-refractivity contribution >= 4 is 51.1 Å². The Kier molecular flexibility index (Phi) is 2.81. The molecule has 1 nitrogen and oxygen atoms in total. The van der Waals surface area contributed by atoms with Crippen LogP contribution in [-0.4, -0.2) is 12.5 Å². The standard InChI is InChI=1S/C10H7ClOS2/c1-13-7-3-2-4-8-9(7)6(5-12)10(11)14-8/h2-5H,1H3. The Morgan fingerprint density at radius 2 is 2.29 bits per heavy atom. The SMILES string of the molecule is CSc1cccc2sc(Cl)c(C=O)c12. The molecule has 0 radical (unpaired) electrons. The topological polar surface area (TPSA) is 17.1 Å². The van der Waals surface area contributed by atoms with E-state index in [2.05, 4.69) is 0 Å². The minimum Gasteiger partial charge on any atom is -0.298 e. The zero-order valence-electron chi connectivity index (χ0n) is 7.41. The summed E-state index contributed by atoms with van der Waals surface area (Å²) in [6.07, 6.45) is 2.83. The average Bonchev–Trinajstić information content (AvgIpc) is 2.52. The fraction of sp³-hybridized carbons (Fsp3) is 0.100. The third-order valence-corrected chi connectivity index (χ3v) is 4.18. The Morgan fingerprint density at radius 3 is 2.93 bits per heavy atom. The maximum Gasteiger partial charge on any atom is 0.153 e. The van der Waals surface area contributed by atoms with E-state index in [9.17, 15) is 4.79 Å². The summed E-state index contributed by atoms with van der Waals surface area (Å²) in [5.74, 6) is 0. The highest BCUT2D eigenvalue weighted by molar-refractivity contribution is 7.98. The van der Waals surface area contributed by atoms with Crippen molar-refractivity contribution in [2.75, 3.05) is 6.26 Å². The molecule has 0 saturated carbocycles. The molecule has 0 aliphatic heterocycles. The van der Waals surface area contributed by atoms with Crippen molar-refractivity contribution in [1.82, 2.24) is 0 Å². The Morgan fingerprint density at radius 1 is 1.50 bits per heavy atom. The van der Waals surface area contributed by atoms with Crippen molar-refractivity contribution in [1.29, 1.82) is 0 Å². The molecular weight excluding hydrogens is 236 g/mol. The van der Waals surface area contributed by atoms with E-state index < -0.39 is 0 Å². The van der Waals surface area contributed by atoms with Crippen LogP contribution in [0.2, 0.25) is 4.34 Å². The Labute approximate surface area is 95.1 Å². The molecule has 0 unspecified atom stereocenters. The third kappa shape index (κ3) is 1.45.